The topological polar surface area (TPSA) is 188 Å². The largest absolute Gasteiger partial charge is 0.325 e. The van der Waals surface area contributed by atoms with Gasteiger partial charge >= 0.3 is 5.69 Å². The number of nitrogens with zero attached hydrogens (tertiary/aromatic N) is 5. The monoisotopic (exact) mass is 467 g/mol. The van der Waals surface area contributed by atoms with Crippen LogP contribution in [0.4, 0.5) is 22.7 Å². The molecule has 1 aromatic heterocycles. The summed E-state index contributed by atoms with van der Waals surface area (Å²) in [7, 11) is 0. The van der Waals surface area contributed by atoms with Gasteiger partial charge in [-0.3, -0.25) is 40.6 Å². The first-order chi connectivity index (χ1) is 16.3. The van der Waals surface area contributed by atoms with Crippen LogP contribution in [0, 0.1) is 30.3 Å². The minimum absolute atomic E-state index is 0.0113. The lowest BCUT2D eigenvalue weighted by Crippen LogP contribution is -2.20. The second-order valence-corrected chi connectivity index (χ2v) is 7.46. The molecule has 4 rings (SSSR count). The highest BCUT2D eigenvalue weighted by Gasteiger charge is 2.21. The van der Waals surface area contributed by atoms with Gasteiger partial charge in [0.05, 0.1) is 31.7 Å². The molecule has 0 atom stereocenters. The standard InChI is InChI=1S/C20H17N7O7/c28-20-15-9-13(25(29)30)5-7-17(15)24-8-2-1-3-12(19(24)22-20)11-21-23-16-6-4-14(26(31)32)10-18(16)27(33)34/h4-7,9-11,21,23H,1-3,8H2/b12-11+. The number of fused-ring (bicyclic) bond motifs is 3. The van der Waals surface area contributed by atoms with E-state index in [1.807, 2.05) is 4.57 Å². The van der Waals surface area contributed by atoms with Crippen molar-refractivity contribution in [3.63, 3.8) is 0 Å². The molecule has 0 radical (unpaired) electrons. The predicted octanol–water partition coefficient (Wildman–Crippen LogP) is 3.26. The van der Waals surface area contributed by atoms with Crippen LogP contribution in [0.25, 0.3) is 16.5 Å². The molecule has 0 saturated heterocycles. The summed E-state index contributed by atoms with van der Waals surface area (Å²) in [5.41, 5.74) is 4.87. The molecule has 3 aromatic rings. The molecule has 1 aliphatic heterocycles. The number of rotatable bonds is 6. The highest BCUT2D eigenvalue weighted by atomic mass is 16.6. The van der Waals surface area contributed by atoms with Crippen molar-refractivity contribution < 1.29 is 14.8 Å². The Morgan fingerprint density at radius 3 is 2.35 bits per heavy atom. The van der Waals surface area contributed by atoms with Crippen molar-refractivity contribution in [2.75, 3.05) is 5.43 Å². The Labute approximate surface area is 190 Å². The van der Waals surface area contributed by atoms with Gasteiger partial charge in [0.15, 0.2) is 0 Å². The molecule has 2 heterocycles. The lowest BCUT2D eigenvalue weighted by molar-refractivity contribution is -0.393. The van der Waals surface area contributed by atoms with Crippen LogP contribution in [0.5, 0.6) is 0 Å². The molecule has 14 nitrogen and oxygen atoms in total. The number of allylic oxidation sites excluding steroid dienone is 1. The zero-order valence-corrected chi connectivity index (χ0v) is 17.5. The zero-order valence-electron chi connectivity index (χ0n) is 17.5. The second-order valence-electron chi connectivity index (χ2n) is 7.46. The van der Waals surface area contributed by atoms with E-state index in [1.165, 1.54) is 30.5 Å². The van der Waals surface area contributed by atoms with Gasteiger partial charge in [-0.1, -0.05) is 0 Å². The van der Waals surface area contributed by atoms with E-state index < -0.39 is 31.7 Å². The molecule has 0 spiro atoms. The first kappa shape index (κ1) is 22.3. The van der Waals surface area contributed by atoms with Gasteiger partial charge in [-0.05, 0) is 31.4 Å². The van der Waals surface area contributed by atoms with Crippen LogP contribution in [0.15, 0.2) is 47.4 Å². The van der Waals surface area contributed by atoms with E-state index in [1.54, 1.807) is 0 Å². The van der Waals surface area contributed by atoms with Crippen LogP contribution in [0.3, 0.4) is 0 Å². The zero-order chi connectivity index (χ0) is 24.4. The molecule has 0 amide bonds. The third-order valence-electron chi connectivity index (χ3n) is 5.38. The van der Waals surface area contributed by atoms with Gasteiger partial charge in [0.2, 0.25) is 0 Å². The second kappa shape index (κ2) is 8.93. The molecule has 0 fully saturated rings. The summed E-state index contributed by atoms with van der Waals surface area (Å²) in [5, 5.41) is 33.4. The summed E-state index contributed by atoms with van der Waals surface area (Å²) in [5.74, 6) is 0.386. The summed E-state index contributed by atoms with van der Waals surface area (Å²) in [6, 6.07) is 7.26. The minimum atomic E-state index is -0.739. The van der Waals surface area contributed by atoms with E-state index in [4.69, 9.17) is 0 Å². The predicted molar refractivity (Wildman–Crippen MR) is 121 cm³/mol. The van der Waals surface area contributed by atoms with Gasteiger partial charge in [-0.2, -0.15) is 4.98 Å². The quantitative estimate of drug-likeness (QED) is 0.402. The number of nitrogens with one attached hydrogen (secondary N) is 2. The molecular weight excluding hydrogens is 450 g/mol. The lowest BCUT2D eigenvalue weighted by Gasteiger charge is -2.15. The van der Waals surface area contributed by atoms with Crippen LogP contribution in [-0.4, -0.2) is 24.3 Å². The third-order valence-corrected chi connectivity index (χ3v) is 5.38. The van der Waals surface area contributed by atoms with Crippen LogP contribution >= 0.6 is 0 Å². The van der Waals surface area contributed by atoms with Crippen LogP contribution in [0.1, 0.15) is 25.1 Å². The Kier molecular flexibility index (Phi) is 5.86. The average molecular weight is 467 g/mol. The highest BCUT2D eigenvalue weighted by molar-refractivity contribution is 5.82. The number of nitro groups is 3. The van der Waals surface area contributed by atoms with E-state index in [-0.39, 0.29) is 16.8 Å². The summed E-state index contributed by atoms with van der Waals surface area (Å²) in [6.07, 6.45) is 3.63. The maximum Gasteiger partial charge on any atom is 0.300 e. The molecule has 34 heavy (non-hydrogen) atoms. The Hall–Kier alpha value is -4.88. The Balaban J connectivity index is 1.69. The molecule has 0 saturated carbocycles. The molecule has 1 aliphatic rings. The fraction of sp³-hybridized carbons (Fsp3) is 0.200. The smallest absolute Gasteiger partial charge is 0.300 e. The van der Waals surface area contributed by atoms with Gasteiger partial charge in [-0.15, -0.1) is 0 Å². The van der Waals surface area contributed by atoms with Gasteiger partial charge in [0.25, 0.3) is 16.9 Å². The van der Waals surface area contributed by atoms with Crippen LogP contribution < -0.4 is 16.4 Å². The van der Waals surface area contributed by atoms with Gasteiger partial charge in [0.1, 0.15) is 11.5 Å². The number of nitro benzene ring substituents is 3. The number of hydrazine groups is 1. The molecule has 0 unspecified atom stereocenters. The number of benzene rings is 2. The number of aromatic nitrogens is 2. The highest BCUT2D eigenvalue weighted by Crippen LogP contribution is 2.29. The van der Waals surface area contributed by atoms with E-state index in [0.717, 1.165) is 25.0 Å². The van der Waals surface area contributed by atoms with Gasteiger partial charge in [0, 0.05) is 36.5 Å². The van der Waals surface area contributed by atoms with E-state index in [2.05, 4.69) is 15.8 Å². The average Bonchev–Trinajstić information content (AvgIpc) is 3.01. The molecule has 2 aromatic carbocycles. The van der Waals surface area contributed by atoms with E-state index in [9.17, 15) is 35.1 Å². The number of aryl methyl sites for hydroxylation is 1. The first-order valence-electron chi connectivity index (χ1n) is 10.1. The summed E-state index contributed by atoms with van der Waals surface area (Å²) in [6.45, 7) is 0.551. The molecule has 174 valence electrons. The van der Waals surface area contributed by atoms with Crippen molar-refractivity contribution in [1.29, 1.82) is 0 Å². The van der Waals surface area contributed by atoms with Gasteiger partial charge in [-0.25, -0.2) is 0 Å². The number of non-ortho nitro benzene ring substituents is 2. The first-order valence-corrected chi connectivity index (χ1v) is 10.1. The Morgan fingerprint density at radius 1 is 0.941 bits per heavy atom. The van der Waals surface area contributed by atoms with Crippen molar-refractivity contribution in [2.24, 2.45) is 0 Å². The maximum absolute atomic E-state index is 12.6. The van der Waals surface area contributed by atoms with Crippen molar-refractivity contribution >= 4 is 39.2 Å². The lowest BCUT2D eigenvalue weighted by atomic mass is 10.1. The van der Waals surface area contributed by atoms with E-state index in [0.29, 0.717) is 29.9 Å². The fourth-order valence-corrected chi connectivity index (χ4v) is 3.77. The van der Waals surface area contributed by atoms with Gasteiger partial charge < -0.3 is 9.99 Å². The Bertz CT molecular complexity index is 1430. The number of hydrogen-bond acceptors (Lipinski definition) is 10. The van der Waals surface area contributed by atoms with Crippen molar-refractivity contribution in [3.05, 3.63) is 89.1 Å². The summed E-state index contributed by atoms with van der Waals surface area (Å²) < 4.78 is 1.81. The molecule has 0 bridgehead atoms. The number of anilines is 1. The van der Waals surface area contributed by atoms with Crippen molar-refractivity contribution in [3.8, 4) is 0 Å². The van der Waals surface area contributed by atoms with Crippen molar-refractivity contribution in [2.45, 2.75) is 25.8 Å². The normalized spacial score (nSPS) is 14.3. The summed E-state index contributed by atoms with van der Waals surface area (Å²) >= 11 is 0. The van der Waals surface area contributed by atoms with Crippen LogP contribution in [0.2, 0.25) is 0 Å². The van der Waals surface area contributed by atoms with Crippen molar-refractivity contribution in [1.82, 2.24) is 15.0 Å². The molecule has 14 heteroatoms. The number of hydrogen-bond donors (Lipinski definition) is 2. The SMILES string of the molecule is O=c1nc2n(c3ccc([N+](=O)[O-])cc13)CCCC/C2=C\NNc1ccc([N+](=O)[O-])cc1[N+](=O)[O-]. The maximum atomic E-state index is 12.6. The molecule has 2 N–H and O–H groups in total. The summed E-state index contributed by atoms with van der Waals surface area (Å²) in [4.78, 5) is 48.0. The fourth-order valence-electron chi connectivity index (χ4n) is 3.77. The minimum Gasteiger partial charge on any atom is -0.325 e. The van der Waals surface area contributed by atoms with E-state index >= 15 is 0 Å². The Morgan fingerprint density at radius 2 is 1.65 bits per heavy atom. The third kappa shape index (κ3) is 4.23. The molecular formula is C20H17N7O7. The molecule has 0 aliphatic carbocycles. The van der Waals surface area contributed by atoms with Crippen LogP contribution in [-0.2, 0) is 6.54 Å².